The van der Waals surface area contributed by atoms with E-state index in [1.165, 1.54) is 105 Å². The van der Waals surface area contributed by atoms with Gasteiger partial charge < -0.3 is 0 Å². The Hall–Kier alpha value is -5.40. The number of hydrogen-bond donors (Lipinski definition) is 0. The average molecular weight is 671 g/mol. The predicted octanol–water partition coefficient (Wildman–Crippen LogP) is 7.02. The second kappa shape index (κ2) is 13.3. The second-order valence-electron chi connectivity index (χ2n) is 15.2. The minimum atomic E-state index is 0.104. The molecule has 0 aliphatic carbocycles. The molecule has 6 aromatic carbocycles. The van der Waals surface area contributed by atoms with Crippen molar-refractivity contribution in [3.63, 3.8) is 0 Å². The summed E-state index contributed by atoms with van der Waals surface area (Å²) < 4.78 is 2.31. The zero-order valence-corrected chi connectivity index (χ0v) is 31.8. The zero-order valence-electron chi connectivity index (χ0n) is 31.8. The summed E-state index contributed by atoms with van der Waals surface area (Å²) in [4.78, 5) is 0. The van der Waals surface area contributed by atoms with E-state index in [-0.39, 0.29) is 13.4 Å². The van der Waals surface area contributed by atoms with Crippen LogP contribution in [-0.2, 0) is 7.05 Å². The fraction of sp³-hybridized carbons (Fsp3) is 0.163. The summed E-state index contributed by atoms with van der Waals surface area (Å²) in [6, 6.07) is 47.9. The van der Waals surface area contributed by atoms with Gasteiger partial charge in [-0.2, -0.15) is 0 Å². The quantitative estimate of drug-likeness (QED) is 0.137. The Balaban J connectivity index is 1.41. The highest BCUT2D eigenvalue weighted by Gasteiger charge is 2.41. The highest BCUT2D eigenvalue weighted by molar-refractivity contribution is 7.11. The van der Waals surface area contributed by atoms with E-state index in [4.69, 9.17) is 0 Å². The first-order valence-electron chi connectivity index (χ1n) is 18.6. The number of fused-ring (bicyclic) bond motifs is 2. The van der Waals surface area contributed by atoms with Gasteiger partial charge in [-0.25, -0.2) is 4.57 Å². The van der Waals surface area contributed by atoms with Crippen LogP contribution in [0.1, 0.15) is 38.9 Å². The number of rotatable bonds is 5. The number of hydrogen-bond acceptors (Lipinski definition) is 0. The largest absolute Gasteiger partial charge is 0.240 e. The molecular weight excluding hydrogens is 624 g/mol. The van der Waals surface area contributed by atoms with Crippen LogP contribution in [0, 0.1) is 48.5 Å². The van der Waals surface area contributed by atoms with Crippen LogP contribution < -0.4 is 37.3 Å². The lowest BCUT2D eigenvalue weighted by Gasteiger charge is -2.35. The van der Waals surface area contributed by atoms with Crippen molar-refractivity contribution in [1.82, 2.24) is 0 Å². The summed E-state index contributed by atoms with van der Waals surface area (Å²) in [5.74, 6) is 0. The lowest BCUT2D eigenvalue weighted by Crippen LogP contribution is -2.76. The Morgan fingerprint density at radius 2 is 0.788 bits per heavy atom. The molecule has 0 spiro atoms. The molecular formula is C49H46B2N+. The lowest BCUT2D eigenvalue weighted by atomic mass is 9.20. The van der Waals surface area contributed by atoms with Crippen LogP contribution in [0.4, 0.5) is 0 Å². The molecule has 0 saturated carbocycles. The fourth-order valence-electron chi connectivity index (χ4n) is 9.12. The van der Waals surface area contributed by atoms with Crippen molar-refractivity contribution in [3.8, 4) is 33.5 Å². The molecule has 0 saturated heterocycles. The van der Waals surface area contributed by atoms with Crippen molar-refractivity contribution < 1.29 is 4.57 Å². The molecule has 0 amide bonds. The van der Waals surface area contributed by atoms with E-state index >= 15 is 0 Å². The monoisotopic (exact) mass is 670 g/mol. The molecule has 0 atom stereocenters. The summed E-state index contributed by atoms with van der Waals surface area (Å²) in [6.07, 6.45) is 2.27. The van der Waals surface area contributed by atoms with Crippen molar-refractivity contribution in [1.29, 1.82) is 0 Å². The Bertz CT molecular complexity index is 2450. The van der Waals surface area contributed by atoms with E-state index in [1.807, 2.05) is 0 Å². The molecule has 252 valence electrons. The number of aromatic nitrogens is 1. The maximum absolute atomic E-state index is 2.55. The van der Waals surface area contributed by atoms with Crippen molar-refractivity contribution >= 4 is 46.2 Å². The van der Waals surface area contributed by atoms with Crippen molar-refractivity contribution in [2.24, 2.45) is 7.05 Å². The fourth-order valence-corrected chi connectivity index (χ4v) is 9.12. The van der Waals surface area contributed by atoms with E-state index < -0.39 is 0 Å². The van der Waals surface area contributed by atoms with Gasteiger partial charge in [-0.05, 0) is 81.8 Å². The van der Waals surface area contributed by atoms with Crippen LogP contribution in [0.15, 0.2) is 134 Å². The molecule has 0 fully saturated rings. The van der Waals surface area contributed by atoms with Gasteiger partial charge in [-0.15, -0.1) is 0 Å². The number of nitrogens with zero attached hydrogens (tertiary/aromatic N) is 1. The minimum Gasteiger partial charge on any atom is -0.201 e. The first-order valence-corrected chi connectivity index (χ1v) is 18.6. The summed E-state index contributed by atoms with van der Waals surface area (Å²) in [7, 11) is 2.19. The SMILES string of the molecule is Cc1cc(-c2cc3c(cc2C)B(c2c(C)cc(-c4ccccc4)cc2C)c2ccccc2B3c2c(C)cc(-c3ccccc3)cc2C)[n+](C)cc1C. The van der Waals surface area contributed by atoms with Crippen LogP contribution in [0.3, 0.4) is 0 Å². The zero-order chi connectivity index (χ0) is 36.3. The smallest absolute Gasteiger partial charge is 0.201 e. The Morgan fingerprint density at radius 3 is 1.25 bits per heavy atom. The molecule has 0 bridgehead atoms. The van der Waals surface area contributed by atoms with Gasteiger partial charge in [-0.1, -0.05) is 176 Å². The Kier molecular flexibility index (Phi) is 8.62. The van der Waals surface area contributed by atoms with Crippen LogP contribution in [0.25, 0.3) is 33.5 Å². The predicted molar refractivity (Wildman–Crippen MR) is 226 cm³/mol. The normalized spacial score (nSPS) is 12.2. The second-order valence-corrected chi connectivity index (χ2v) is 15.2. The number of benzene rings is 6. The maximum Gasteiger partial charge on any atom is 0.240 e. The van der Waals surface area contributed by atoms with Gasteiger partial charge in [0.15, 0.2) is 6.20 Å². The summed E-state index contributed by atoms with van der Waals surface area (Å²) >= 11 is 0. The number of aryl methyl sites for hydroxylation is 8. The molecule has 52 heavy (non-hydrogen) atoms. The standard InChI is InChI=1S/C49H46B2N/c1-31-28-47(52(8)30-37(31)7)42-29-46-45(27-32(42)2)50(48-33(3)23-40(24-34(48)4)38-17-11-9-12-18-38)43-21-15-16-22-44(43)51(46)49-35(5)25-41(26-36(49)6)39-19-13-10-14-20-39/h9-30H,1-8H3/q+1. The first-order chi connectivity index (χ1) is 25.1. The molecule has 3 heteroatoms. The summed E-state index contributed by atoms with van der Waals surface area (Å²) in [6.45, 7) is 16.2. The van der Waals surface area contributed by atoms with Gasteiger partial charge in [0.05, 0.1) is 0 Å². The molecule has 1 aliphatic heterocycles. The van der Waals surface area contributed by atoms with Crippen LogP contribution in [0.5, 0.6) is 0 Å². The lowest BCUT2D eigenvalue weighted by molar-refractivity contribution is -0.660. The van der Waals surface area contributed by atoms with Gasteiger partial charge >= 0.3 is 0 Å². The molecule has 7 aromatic rings. The van der Waals surface area contributed by atoms with Crippen molar-refractivity contribution in [2.45, 2.75) is 48.5 Å². The van der Waals surface area contributed by atoms with Crippen molar-refractivity contribution in [3.05, 3.63) is 173 Å². The highest BCUT2D eigenvalue weighted by Crippen LogP contribution is 2.26. The minimum absolute atomic E-state index is 0.104. The van der Waals surface area contributed by atoms with E-state index in [2.05, 4.69) is 194 Å². The third kappa shape index (κ3) is 5.73. The van der Waals surface area contributed by atoms with Crippen LogP contribution in [-0.4, -0.2) is 13.4 Å². The van der Waals surface area contributed by atoms with E-state index in [1.54, 1.807) is 0 Å². The molecule has 8 rings (SSSR count). The third-order valence-corrected chi connectivity index (χ3v) is 11.7. The number of pyridine rings is 1. The topological polar surface area (TPSA) is 3.88 Å². The van der Waals surface area contributed by atoms with Crippen LogP contribution >= 0.6 is 0 Å². The third-order valence-electron chi connectivity index (χ3n) is 11.7. The van der Waals surface area contributed by atoms with Gasteiger partial charge in [0.2, 0.25) is 19.1 Å². The Labute approximate surface area is 311 Å². The van der Waals surface area contributed by atoms with Crippen LogP contribution in [0.2, 0.25) is 0 Å². The molecule has 1 aliphatic rings. The highest BCUT2D eigenvalue weighted by atomic mass is 14.9. The maximum atomic E-state index is 2.55. The van der Waals surface area contributed by atoms with Gasteiger partial charge in [0, 0.05) is 17.2 Å². The van der Waals surface area contributed by atoms with Crippen molar-refractivity contribution in [2.75, 3.05) is 0 Å². The summed E-state index contributed by atoms with van der Waals surface area (Å²) in [5, 5.41) is 0. The van der Waals surface area contributed by atoms with Gasteiger partial charge in [0.25, 0.3) is 0 Å². The van der Waals surface area contributed by atoms with Gasteiger partial charge in [-0.3, -0.25) is 0 Å². The molecule has 0 unspecified atom stereocenters. The first kappa shape index (κ1) is 33.7. The molecule has 1 nitrogen and oxygen atoms in total. The van der Waals surface area contributed by atoms with E-state index in [0.717, 1.165) is 0 Å². The summed E-state index contributed by atoms with van der Waals surface area (Å²) in [5.41, 5.74) is 25.4. The Morgan fingerprint density at radius 1 is 0.365 bits per heavy atom. The molecule has 0 radical (unpaired) electrons. The van der Waals surface area contributed by atoms with Gasteiger partial charge in [0.1, 0.15) is 7.05 Å². The molecule has 2 heterocycles. The molecule has 0 N–H and O–H groups in total. The van der Waals surface area contributed by atoms with E-state index in [9.17, 15) is 0 Å². The molecule has 1 aromatic heterocycles. The average Bonchev–Trinajstić information content (AvgIpc) is 3.14. The van der Waals surface area contributed by atoms with E-state index in [0.29, 0.717) is 0 Å².